The van der Waals surface area contributed by atoms with Gasteiger partial charge in [-0.25, -0.2) is 0 Å². The zero-order valence-electron chi connectivity index (χ0n) is 18.0. The van der Waals surface area contributed by atoms with Crippen LogP contribution in [0.15, 0.2) is 54.6 Å². The number of nitrogens with zero attached hydrogens (tertiary/aromatic N) is 2. The van der Waals surface area contributed by atoms with Crippen molar-refractivity contribution in [2.45, 2.75) is 51.6 Å². The largest absolute Gasteiger partial charge is 0.400 e. The molecule has 5 nitrogen and oxygen atoms in total. The number of benzene rings is 2. The van der Waals surface area contributed by atoms with Crippen molar-refractivity contribution in [3.63, 3.8) is 0 Å². The number of carbonyl (C=O) groups is 2. The van der Waals surface area contributed by atoms with Crippen LogP contribution in [0.3, 0.4) is 0 Å². The number of carbonyl (C=O) groups excluding carboxylic acids is 2. The Morgan fingerprint density at radius 2 is 1.77 bits per heavy atom. The summed E-state index contributed by atoms with van der Waals surface area (Å²) >= 11 is 0. The van der Waals surface area contributed by atoms with Crippen molar-refractivity contribution in [3.05, 3.63) is 65.7 Å². The summed E-state index contributed by atoms with van der Waals surface area (Å²) < 4.78 is 6.52. The number of Topliss-reactive ketones (excluding diaryl/α,β-unsaturated/α-hetero) is 1. The maximum absolute atomic E-state index is 13.9. The number of hydrogen-bond acceptors (Lipinski definition) is 4. The van der Waals surface area contributed by atoms with Gasteiger partial charge in [0, 0.05) is 18.4 Å². The number of nitriles is 1. The van der Waals surface area contributed by atoms with E-state index in [1.54, 1.807) is 11.8 Å². The maximum Gasteiger partial charge on any atom is 0.263 e. The van der Waals surface area contributed by atoms with E-state index >= 15 is 0 Å². The van der Waals surface area contributed by atoms with E-state index < -0.39 is 19.8 Å². The number of ketones is 1. The van der Waals surface area contributed by atoms with Crippen molar-refractivity contribution in [3.8, 4) is 6.07 Å². The molecule has 2 unspecified atom stereocenters. The van der Waals surface area contributed by atoms with Crippen LogP contribution in [0.25, 0.3) is 0 Å². The quantitative estimate of drug-likeness (QED) is 0.576. The molecule has 3 rings (SSSR count). The van der Waals surface area contributed by atoms with Crippen LogP contribution in [0.4, 0.5) is 5.69 Å². The van der Waals surface area contributed by atoms with Crippen LogP contribution in [0, 0.1) is 17.2 Å². The molecule has 0 spiro atoms. The standard InChI is InChI=1S/C24H28N2O3Si/c1-18(16-25)14-20(27)15-24(29-30(2,3)4)21-12-8-9-13-22(21)26(23(24)28)17-19-10-6-5-7-11-19/h5-13,18H,14-15,17H2,1-4H3. The van der Waals surface area contributed by atoms with Gasteiger partial charge in [-0.15, -0.1) is 0 Å². The van der Waals surface area contributed by atoms with Gasteiger partial charge in [0.1, 0.15) is 5.78 Å². The minimum absolute atomic E-state index is 0.0512. The Balaban J connectivity index is 2.05. The second-order valence-electron chi connectivity index (χ2n) is 8.89. The molecule has 1 heterocycles. The lowest BCUT2D eigenvalue weighted by Crippen LogP contribution is -2.49. The monoisotopic (exact) mass is 420 g/mol. The Morgan fingerprint density at radius 1 is 1.13 bits per heavy atom. The fraction of sp³-hybridized carbons (Fsp3) is 0.375. The Morgan fingerprint density at radius 3 is 2.40 bits per heavy atom. The lowest BCUT2D eigenvalue weighted by Gasteiger charge is -2.35. The van der Waals surface area contributed by atoms with E-state index in [0.29, 0.717) is 6.54 Å². The lowest BCUT2D eigenvalue weighted by molar-refractivity contribution is -0.140. The Bertz CT molecular complexity index is 978. The molecule has 2 aromatic rings. The Hall–Kier alpha value is -2.75. The highest BCUT2D eigenvalue weighted by Crippen LogP contribution is 2.47. The summed E-state index contributed by atoms with van der Waals surface area (Å²) in [4.78, 5) is 28.5. The highest BCUT2D eigenvalue weighted by molar-refractivity contribution is 6.70. The Kier molecular flexibility index (Phi) is 6.25. The van der Waals surface area contributed by atoms with Gasteiger partial charge in [0.2, 0.25) is 0 Å². The fourth-order valence-corrected chi connectivity index (χ4v) is 5.30. The van der Waals surface area contributed by atoms with Gasteiger partial charge in [-0.05, 0) is 38.2 Å². The molecule has 0 fully saturated rings. The first-order valence-electron chi connectivity index (χ1n) is 10.2. The molecule has 2 aromatic carbocycles. The van der Waals surface area contributed by atoms with Crippen LogP contribution in [-0.4, -0.2) is 20.0 Å². The number of rotatable bonds is 8. The molecule has 0 N–H and O–H groups in total. The molecule has 0 saturated carbocycles. The highest BCUT2D eigenvalue weighted by atomic mass is 28.4. The molecule has 0 aromatic heterocycles. The van der Waals surface area contributed by atoms with E-state index in [4.69, 9.17) is 9.69 Å². The topological polar surface area (TPSA) is 70.4 Å². The molecular weight excluding hydrogens is 392 g/mol. The molecule has 0 saturated heterocycles. The number of anilines is 1. The number of hydrogen-bond donors (Lipinski definition) is 0. The summed E-state index contributed by atoms with van der Waals surface area (Å²) in [6.07, 6.45) is 0.0614. The zero-order chi connectivity index (χ0) is 21.9. The highest BCUT2D eigenvalue weighted by Gasteiger charge is 2.54. The second kappa shape index (κ2) is 8.55. The SMILES string of the molecule is CC(C#N)CC(=O)CC1(O[Si](C)(C)C)C(=O)N(Cc2ccccc2)c2ccccc21. The number of fused-ring (bicyclic) bond motifs is 1. The Labute approximate surface area is 179 Å². The maximum atomic E-state index is 13.9. The van der Waals surface area contributed by atoms with Gasteiger partial charge in [0.05, 0.1) is 24.2 Å². The van der Waals surface area contributed by atoms with Crippen LogP contribution < -0.4 is 4.90 Å². The number of amides is 1. The molecule has 1 amide bonds. The molecule has 2 atom stereocenters. The average molecular weight is 421 g/mol. The van der Waals surface area contributed by atoms with Crippen molar-refractivity contribution in [1.29, 1.82) is 5.26 Å². The van der Waals surface area contributed by atoms with Gasteiger partial charge in [-0.2, -0.15) is 5.26 Å². The van der Waals surface area contributed by atoms with E-state index in [9.17, 15) is 9.59 Å². The van der Waals surface area contributed by atoms with E-state index in [1.165, 1.54) is 0 Å². The van der Waals surface area contributed by atoms with E-state index in [-0.39, 0.29) is 24.5 Å². The lowest BCUT2D eigenvalue weighted by atomic mass is 9.88. The van der Waals surface area contributed by atoms with E-state index in [1.807, 2.05) is 74.2 Å². The second-order valence-corrected chi connectivity index (χ2v) is 13.3. The summed E-state index contributed by atoms with van der Waals surface area (Å²) in [5.41, 5.74) is 1.20. The smallest absolute Gasteiger partial charge is 0.263 e. The van der Waals surface area contributed by atoms with Crippen molar-refractivity contribution < 1.29 is 14.0 Å². The van der Waals surface area contributed by atoms with E-state index in [0.717, 1.165) is 16.8 Å². The van der Waals surface area contributed by atoms with Gasteiger partial charge in [-0.1, -0.05) is 48.5 Å². The molecular formula is C24H28N2O3Si. The van der Waals surface area contributed by atoms with Crippen molar-refractivity contribution in [2.75, 3.05) is 4.90 Å². The summed E-state index contributed by atoms with van der Waals surface area (Å²) in [6.45, 7) is 8.19. The average Bonchev–Trinajstić information content (AvgIpc) is 2.90. The molecule has 0 bridgehead atoms. The predicted molar refractivity (Wildman–Crippen MR) is 119 cm³/mol. The normalized spacial score (nSPS) is 19.3. The third-order valence-corrected chi connectivity index (χ3v) is 6.05. The van der Waals surface area contributed by atoms with Crippen molar-refractivity contribution in [2.24, 2.45) is 5.92 Å². The number of para-hydroxylation sites is 1. The fourth-order valence-electron chi connectivity index (χ4n) is 3.98. The van der Waals surface area contributed by atoms with Crippen LogP contribution in [0.1, 0.15) is 30.9 Å². The summed E-state index contributed by atoms with van der Waals surface area (Å²) in [6, 6.07) is 19.5. The molecule has 156 valence electrons. The van der Waals surface area contributed by atoms with Gasteiger partial charge < -0.3 is 9.33 Å². The molecule has 1 aliphatic rings. The first-order chi connectivity index (χ1) is 14.2. The van der Waals surface area contributed by atoms with Gasteiger partial charge >= 0.3 is 0 Å². The molecule has 30 heavy (non-hydrogen) atoms. The van der Waals surface area contributed by atoms with E-state index in [2.05, 4.69) is 6.07 Å². The first kappa shape index (κ1) is 21.9. The summed E-state index contributed by atoms with van der Waals surface area (Å²) in [5, 5.41) is 9.11. The van der Waals surface area contributed by atoms with Gasteiger partial charge in [-0.3, -0.25) is 9.59 Å². The van der Waals surface area contributed by atoms with Gasteiger partial charge in [0.15, 0.2) is 13.9 Å². The molecule has 1 aliphatic heterocycles. The van der Waals surface area contributed by atoms with Crippen LogP contribution >= 0.6 is 0 Å². The summed E-state index contributed by atoms with van der Waals surface area (Å²) in [5.74, 6) is -0.728. The molecule has 6 heteroatoms. The van der Waals surface area contributed by atoms with Gasteiger partial charge in [0.25, 0.3) is 5.91 Å². The zero-order valence-corrected chi connectivity index (χ0v) is 19.0. The van der Waals surface area contributed by atoms with Crippen molar-refractivity contribution >= 4 is 25.7 Å². The van der Waals surface area contributed by atoms with Crippen LogP contribution in [-0.2, 0) is 26.2 Å². The first-order valence-corrected chi connectivity index (χ1v) is 13.6. The molecule has 0 radical (unpaired) electrons. The third kappa shape index (κ3) is 4.53. The van der Waals surface area contributed by atoms with Crippen molar-refractivity contribution in [1.82, 2.24) is 0 Å². The molecule has 0 aliphatic carbocycles. The van der Waals surface area contributed by atoms with Crippen LogP contribution in [0.2, 0.25) is 19.6 Å². The predicted octanol–water partition coefficient (Wildman–Crippen LogP) is 4.79. The minimum atomic E-state index is -2.21. The van der Waals surface area contributed by atoms with Crippen LogP contribution in [0.5, 0.6) is 0 Å². The third-order valence-electron chi connectivity index (χ3n) is 5.08. The minimum Gasteiger partial charge on any atom is -0.400 e. The summed E-state index contributed by atoms with van der Waals surface area (Å²) in [7, 11) is -2.21.